The van der Waals surface area contributed by atoms with Crippen molar-refractivity contribution in [3.05, 3.63) is 83.9 Å². The van der Waals surface area contributed by atoms with Crippen LogP contribution in [0.5, 0.6) is 11.5 Å². The zero-order chi connectivity index (χ0) is 43.0. The quantitative estimate of drug-likeness (QED) is 0.204. The van der Waals surface area contributed by atoms with E-state index in [1.54, 1.807) is 12.1 Å². The fourth-order valence-electron chi connectivity index (χ4n) is 10.9. The van der Waals surface area contributed by atoms with Crippen LogP contribution in [0.4, 0.5) is 22.9 Å². The number of piperazine rings is 1. The number of anilines is 4. The largest absolute Gasteiger partial charge is 0.507 e. The molecule has 15 heteroatoms. The average molecular weight is 856 g/mol. The van der Waals surface area contributed by atoms with E-state index in [4.69, 9.17) is 15.2 Å². The first-order valence-corrected chi connectivity index (χ1v) is 22.8. The number of nitrogens with one attached hydrogen (secondary N) is 1. The lowest BCUT2D eigenvalue weighted by Gasteiger charge is -2.51. The number of nitrogens with two attached hydrogens (primary N) is 1. The van der Waals surface area contributed by atoms with Crippen molar-refractivity contribution in [1.82, 2.24) is 25.3 Å². The van der Waals surface area contributed by atoms with Crippen LogP contribution in [-0.4, -0.2) is 133 Å². The molecule has 0 spiro atoms. The fourth-order valence-corrected chi connectivity index (χ4v) is 10.9. The van der Waals surface area contributed by atoms with Gasteiger partial charge in [0.05, 0.1) is 43.2 Å². The molecule has 0 radical (unpaired) electrons. The van der Waals surface area contributed by atoms with Crippen molar-refractivity contribution in [2.75, 3.05) is 86.0 Å². The van der Waals surface area contributed by atoms with Crippen LogP contribution < -0.4 is 30.5 Å². The third kappa shape index (κ3) is 8.48. The molecule has 4 N–H and O–H groups in total. The van der Waals surface area contributed by atoms with Gasteiger partial charge in [0.1, 0.15) is 23.6 Å². The van der Waals surface area contributed by atoms with Gasteiger partial charge in [0.25, 0.3) is 0 Å². The van der Waals surface area contributed by atoms with Gasteiger partial charge < -0.3 is 39.9 Å². The summed E-state index contributed by atoms with van der Waals surface area (Å²) >= 11 is 0. The summed E-state index contributed by atoms with van der Waals surface area (Å²) in [6.07, 6.45) is 6.54. The lowest BCUT2D eigenvalue weighted by atomic mass is 9.83. The number of aromatic hydroxyl groups is 1. The van der Waals surface area contributed by atoms with Gasteiger partial charge in [0, 0.05) is 75.0 Å². The van der Waals surface area contributed by atoms with Gasteiger partial charge in [-0.05, 0) is 98.6 Å². The maximum Gasteiger partial charge on any atom is 0.249 e. The number of benzene rings is 3. The van der Waals surface area contributed by atoms with Crippen molar-refractivity contribution in [3.63, 3.8) is 0 Å². The summed E-state index contributed by atoms with van der Waals surface area (Å²) in [4.78, 5) is 49.5. The van der Waals surface area contributed by atoms with Crippen LogP contribution in [0.15, 0.2) is 72.8 Å². The van der Waals surface area contributed by atoms with Crippen LogP contribution >= 0.6 is 0 Å². The van der Waals surface area contributed by atoms with Gasteiger partial charge in [-0.2, -0.15) is 0 Å². The number of carbonyl (C=O) groups is 3. The minimum Gasteiger partial charge on any atom is -0.507 e. The minimum atomic E-state index is -0.297. The first kappa shape index (κ1) is 41.1. The molecule has 5 saturated heterocycles. The number of phenols is 1. The number of fused-ring (bicyclic) bond motifs is 3. The Morgan fingerprint density at radius 3 is 2.40 bits per heavy atom. The third-order valence-electron chi connectivity index (χ3n) is 14.1. The number of hydrogen-bond acceptors (Lipinski definition) is 13. The summed E-state index contributed by atoms with van der Waals surface area (Å²) in [7, 11) is 0. The smallest absolute Gasteiger partial charge is 0.249 e. The number of piperidine rings is 3. The zero-order valence-corrected chi connectivity index (χ0v) is 35.7. The molecule has 5 fully saturated rings. The van der Waals surface area contributed by atoms with Crippen molar-refractivity contribution in [1.29, 1.82) is 0 Å². The molecule has 1 unspecified atom stereocenters. The molecule has 6 aliphatic heterocycles. The molecular weight excluding hydrogens is 799 g/mol. The third-order valence-corrected chi connectivity index (χ3v) is 14.1. The molecule has 3 amide bonds. The highest BCUT2D eigenvalue weighted by molar-refractivity contribution is 6.01. The maximum absolute atomic E-state index is 13.6. The number of ether oxygens (including phenoxy) is 2. The second-order valence-electron chi connectivity index (χ2n) is 18.0. The van der Waals surface area contributed by atoms with E-state index in [1.807, 2.05) is 29.2 Å². The van der Waals surface area contributed by atoms with E-state index in [-0.39, 0.29) is 47.7 Å². The summed E-state index contributed by atoms with van der Waals surface area (Å²) in [5.74, 6) is 1.59. The Hall–Kier alpha value is -5.93. The number of aromatic nitrogens is 2. The minimum absolute atomic E-state index is 0.0304. The highest BCUT2D eigenvalue weighted by atomic mass is 16.5. The lowest BCUT2D eigenvalue weighted by molar-refractivity contribution is -0.135. The molecule has 2 bridgehead atoms. The predicted molar refractivity (Wildman–Crippen MR) is 240 cm³/mol. The number of imide groups is 1. The molecule has 330 valence electrons. The number of phenolic OH excluding ortho intramolecular Hbond substituents is 1. The molecule has 10 rings (SSSR count). The first-order chi connectivity index (χ1) is 30.8. The van der Waals surface area contributed by atoms with E-state index in [0.717, 1.165) is 81.0 Å². The monoisotopic (exact) mass is 855 g/mol. The second kappa shape index (κ2) is 17.7. The van der Waals surface area contributed by atoms with Crippen molar-refractivity contribution in [2.24, 2.45) is 0 Å². The Kier molecular flexibility index (Phi) is 11.5. The molecule has 3 atom stereocenters. The normalized spacial score (nSPS) is 23.7. The maximum atomic E-state index is 13.6. The van der Waals surface area contributed by atoms with Crippen molar-refractivity contribution >= 4 is 40.6 Å². The summed E-state index contributed by atoms with van der Waals surface area (Å²) < 4.78 is 12.7. The van der Waals surface area contributed by atoms with Crippen LogP contribution in [0.25, 0.3) is 11.3 Å². The van der Waals surface area contributed by atoms with Crippen molar-refractivity contribution < 1.29 is 29.0 Å². The van der Waals surface area contributed by atoms with Gasteiger partial charge >= 0.3 is 0 Å². The topological polar surface area (TPSA) is 170 Å². The Morgan fingerprint density at radius 2 is 1.62 bits per heavy atom. The number of likely N-dealkylation sites (tertiary alicyclic amines) is 2. The van der Waals surface area contributed by atoms with Gasteiger partial charge in [0.2, 0.25) is 17.7 Å². The van der Waals surface area contributed by atoms with Gasteiger partial charge in [-0.25, -0.2) is 0 Å². The van der Waals surface area contributed by atoms with E-state index in [9.17, 15) is 19.5 Å². The molecule has 0 saturated carbocycles. The van der Waals surface area contributed by atoms with Gasteiger partial charge in [0.15, 0.2) is 5.82 Å². The summed E-state index contributed by atoms with van der Waals surface area (Å²) in [6, 6.07) is 23.8. The number of nitrogen functional groups attached to an aromatic ring is 1. The van der Waals surface area contributed by atoms with Crippen LogP contribution in [0.3, 0.4) is 0 Å². The van der Waals surface area contributed by atoms with Crippen LogP contribution in [-0.2, 0) is 25.5 Å². The van der Waals surface area contributed by atoms with Crippen molar-refractivity contribution in [3.8, 4) is 22.8 Å². The Bertz CT molecular complexity index is 2330. The SMILES string of the molecule is Nc1nnc(-c2ccccc2O)cc1N1C[C@H]2COC[C@@H](C1)N2c1cccc(OC2CCN(C(=O)CN3CCC(c4cccc5c4CCCN5C4CCC(=O)NC4=O)CC3)CC2)c1. The predicted octanol–water partition coefficient (Wildman–Crippen LogP) is 4.33. The number of para-hydroxylation sites is 1. The Labute approximate surface area is 368 Å². The number of carbonyl (C=O) groups excluding carboxylic acids is 3. The van der Waals surface area contributed by atoms with Gasteiger partial charge in [-0.15, -0.1) is 10.2 Å². The highest BCUT2D eigenvalue weighted by Crippen LogP contribution is 2.40. The van der Waals surface area contributed by atoms with Crippen molar-refractivity contribution in [2.45, 2.75) is 81.5 Å². The van der Waals surface area contributed by atoms with Crippen LogP contribution in [0.2, 0.25) is 0 Å². The summed E-state index contributed by atoms with van der Waals surface area (Å²) in [5, 5.41) is 21.6. The molecule has 1 aromatic heterocycles. The average Bonchev–Trinajstić information content (AvgIpc) is 3.29. The van der Waals surface area contributed by atoms with Gasteiger partial charge in [-0.1, -0.05) is 30.3 Å². The number of nitrogens with zero attached hydrogens (tertiary/aromatic N) is 7. The zero-order valence-electron chi connectivity index (χ0n) is 35.7. The van der Waals surface area contributed by atoms with Crippen LogP contribution in [0, 0.1) is 0 Å². The standard InChI is InChI=1S/C48H57N9O6/c49-47-43(25-40(51-52-47)39-8-1-2-12-44(39)58)55-26-33-29-62-30-34(27-55)57(33)32-6-3-7-36(24-32)63-35-17-22-54(23-18-35)46(60)28-53-20-15-31(16-21-53)37-9-4-11-41-38(37)10-5-19-56(41)42-13-14-45(59)50-48(42)61/h1-4,6-9,11-12,24-25,31,33-35,42,58H,5,10,13-23,26-30H2,(H2,49,52)(H,50,59,61)/t33-,34+,42?. The molecule has 7 heterocycles. The summed E-state index contributed by atoms with van der Waals surface area (Å²) in [5.41, 5.74) is 13.4. The number of amides is 3. The molecule has 15 nitrogen and oxygen atoms in total. The van der Waals surface area contributed by atoms with E-state index < -0.39 is 0 Å². The van der Waals surface area contributed by atoms with Crippen LogP contribution in [0.1, 0.15) is 62.0 Å². The number of hydrogen-bond donors (Lipinski definition) is 3. The lowest BCUT2D eigenvalue weighted by Crippen LogP contribution is -2.65. The van der Waals surface area contributed by atoms with E-state index in [1.165, 1.54) is 11.1 Å². The fraction of sp³-hybridized carbons (Fsp3) is 0.479. The second-order valence-corrected chi connectivity index (χ2v) is 18.0. The van der Waals surface area contributed by atoms with Gasteiger partial charge in [-0.3, -0.25) is 24.6 Å². The Balaban J connectivity index is 0.710. The first-order valence-electron chi connectivity index (χ1n) is 22.8. The van der Waals surface area contributed by atoms with E-state index >= 15 is 0 Å². The van der Waals surface area contributed by atoms with E-state index in [0.29, 0.717) is 81.8 Å². The highest BCUT2D eigenvalue weighted by Gasteiger charge is 2.40. The molecule has 63 heavy (non-hydrogen) atoms. The molecule has 0 aliphatic carbocycles. The Morgan fingerprint density at radius 1 is 0.841 bits per heavy atom. The molecule has 4 aromatic rings. The summed E-state index contributed by atoms with van der Waals surface area (Å²) in [6.45, 7) is 6.92. The van der Waals surface area contributed by atoms with E-state index in [2.05, 4.69) is 71.5 Å². The number of morpholine rings is 1. The molecule has 6 aliphatic rings. The number of rotatable bonds is 9. The molecule has 3 aromatic carbocycles. The molecular formula is C48H57N9O6.